The Morgan fingerprint density at radius 1 is 1.00 bits per heavy atom. The van der Waals surface area contributed by atoms with E-state index in [9.17, 15) is 4.57 Å². The third-order valence-electron chi connectivity index (χ3n) is 2.02. The molecule has 0 rings (SSSR count). The Labute approximate surface area is 113 Å². The second-order valence-corrected chi connectivity index (χ2v) is 9.66. The van der Waals surface area contributed by atoms with Crippen molar-refractivity contribution >= 4 is 39.9 Å². The summed E-state index contributed by atoms with van der Waals surface area (Å²) in [5.41, 5.74) is 0. The van der Waals surface area contributed by atoms with E-state index in [0.717, 1.165) is 0 Å². The second kappa shape index (κ2) is 8.27. The lowest BCUT2D eigenvalue weighted by molar-refractivity contribution is 0.313. The van der Waals surface area contributed by atoms with Crippen molar-refractivity contribution in [3.8, 4) is 0 Å². The Bertz CT molecular complexity index is 290. The molecule has 0 N–H and O–H groups in total. The highest BCUT2D eigenvalue weighted by atomic mass is 35.5. The largest absolute Gasteiger partial charge is 0.498 e. The van der Waals surface area contributed by atoms with E-state index in [1.54, 1.807) is 18.2 Å². The van der Waals surface area contributed by atoms with Crippen LogP contribution in [0.3, 0.4) is 0 Å². The number of rotatable bonds is 10. The lowest BCUT2D eigenvalue weighted by Gasteiger charge is -2.29. The molecule has 0 spiro atoms. The van der Waals surface area contributed by atoms with E-state index < -0.39 is 16.1 Å². The van der Waals surface area contributed by atoms with Gasteiger partial charge in [-0.1, -0.05) is 18.2 Å². The van der Waals surface area contributed by atoms with Crippen LogP contribution in [0.5, 0.6) is 0 Å². The average molecular weight is 317 g/mol. The van der Waals surface area contributed by atoms with Crippen molar-refractivity contribution in [1.82, 2.24) is 0 Å². The van der Waals surface area contributed by atoms with E-state index in [0.29, 0.717) is 18.1 Å². The Morgan fingerprint density at radius 2 is 1.35 bits per heavy atom. The van der Waals surface area contributed by atoms with Crippen molar-refractivity contribution in [2.45, 2.75) is 18.1 Å². The quantitative estimate of drug-likeness (QED) is 0.325. The highest BCUT2D eigenvalue weighted by molar-refractivity contribution is 7.52. The van der Waals surface area contributed by atoms with Crippen LogP contribution in [0.1, 0.15) is 0 Å². The standard InChI is InChI=1S/C9H15Cl2O4PSi/c1-4-7-17(8-5-2,9-6-3)15-16(12,13-10)14-11/h4-6H,1-3,7-9H2. The maximum Gasteiger partial charge on any atom is 0.498 e. The van der Waals surface area contributed by atoms with Gasteiger partial charge in [0.25, 0.3) is 0 Å². The highest BCUT2D eigenvalue weighted by Crippen LogP contribution is 2.55. The molecule has 4 nitrogen and oxygen atoms in total. The van der Waals surface area contributed by atoms with Gasteiger partial charge in [0.15, 0.2) is 0 Å². The summed E-state index contributed by atoms with van der Waals surface area (Å²) in [5.74, 6) is 0. The average Bonchev–Trinajstić information content (AvgIpc) is 2.30. The summed E-state index contributed by atoms with van der Waals surface area (Å²) in [7, 11) is -6.45. The maximum atomic E-state index is 11.8. The molecule has 8 heteroatoms. The van der Waals surface area contributed by atoms with Crippen LogP contribution >= 0.6 is 31.6 Å². The zero-order valence-electron chi connectivity index (χ0n) is 9.31. The van der Waals surface area contributed by atoms with Crippen LogP contribution in [0.15, 0.2) is 38.0 Å². The molecule has 0 radical (unpaired) electrons. The van der Waals surface area contributed by atoms with E-state index in [2.05, 4.69) is 27.9 Å². The van der Waals surface area contributed by atoms with Gasteiger partial charge in [0, 0.05) is 0 Å². The van der Waals surface area contributed by atoms with Crippen molar-refractivity contribution in [2.24, 2.45) is 0 Å². The molecule has 0 saturated carbocycles. The minimum absolute atomic E-state index is 0.523. The van der Waals surface area contributed by atoms with Crippen LogP contribution in [0, 0.1) is 0 Å². The van der Waals surface area contributed by atoms with Gasteiger partial charge < -0.3 is 4.21 Å². The molecule has 0 fully saturated rings. The summed E-state index contributed by atoms with van der Waals surface area (Å²) >= 11 is 10.1. The molecule has 98 valence electrons. The van der Waals surface area contributed by atoms with Crippen LogP contribution in [0.4, 0.5) is 0 Å². The molecule has 0 aliphatic rings. The molecule has 0 aliphatic carbocycles. The number of halogens is 2. The zero-order chi connectivity index (χ0) is 13.4. The third kappa shape index (κ3) is 5.53. The number of allylic oxidation sites excluding steroid dienone is 3. The van der Waals surface area contributed by atoms with E-state index >= 15 is 0 Å². The smallest absolute Gasteiger partial charge is 0.326 e. The van der Waals surface area contributed by atoms with Gasteiger partial charge in [-0.3, -0.25) is 0 Å². The van der Waals surface area contributed by atoms with Gasteiger partial charge in [-0.15, -0.1) is 19.7 Å². The minimum atomic E-state index is -3.94. The first kappa shape index (κ1) is 17.1. The molecule has 0 atom stereocenters. The molecule has 0 saturated heterocycles. The van der Waals surface area contributed by atoms with Gasteiger partial charge in [-0.05, 0) is 18.1 Å². The summed E-state index contributed by atoms with van der Waals surface area (Å²) in [5, 5.41) is 0. The van der Waals surface area contributed by atoms with E-state index in [-0.39, 0.29) is 0 Å². The lowest BCUT2D eigenvalue weighted by atomic mass is 10.7. The van der Waals surface area contributed by atoms with Gasteiger partial charge in [0.05, 0.1) is 23.7 Å². The molecule has 0 aromatic heterocycles. The Morgan fingerprint density at radius 3 is 1.59 bits per heavy atom. The number of hydrogen-bond donors (Lipinski definition) is 0. The number of hydrogen-bond acceptors (Lipinski definition) is 4. The van der Waals surface area contributed by atoms with E-state index in [1.165, 1.54) is 0 Å². The van der Waals surface area contributed by atoms with Gasteiger partial charge in [0.2, 0.25) is 8.32 Å². The minimum Gasteiger partial charge on any atom is -0.326 e. The molecule has 17 heavy (non-hydrogen) atoms. The molecule has 0 aromatic rings. The summed E-state index contributed by atoms with van der Waals surface area (Å²) in [4.78, 5) is 0. The molecule has 0 aromatic carbocycles. The van der Waals surface area contributed by atoms with Gasteiger partial charge >= 0.3 is 7.82 Å². The fourth-order valence-corrected chi connectivity index (χ4v) is 7.31. The van der Waals surface area contributed by atoms with Crippen molar-refractivity contribution < 1.29 is 16.9 Å². The predicted molar refractivity (Wildman–Crippen MR) is 73.3 cm³/mol. The van der Waals surface area contributed by atoms with Crippen LogP contribution in [0.2, 0.25) is 18.1 Å². The topological polar surface area (TPSA) is 44.8 Å². The SMILES string of the molecule is C=CC[Si](CC=C)(CC=C)OP(=O)(OCl)OCl. The molecule has 0 amide bonds. The first-order valence-corrected chi connectivity index (χ1v) is 9.36. The Hall–Kier alpha value is 0.127. The van der Waals surface area contributed by atoms with Crippen molar-refractivity contribution in [1.29, 1.82) is 0 Å². The maximum absolute atomic E-state index is 11.8. The highest BCUT2D eigenvalue weighted by Gasteiger charge is 2.42. The Balaban J connectivity index is 5.11. The molecular weight excluding hydrogens is 302 g/mol. The van der Waals surface area contributed by atoms with Gasteiger partial charge in [-0.2, -0.15) is 8.15 Å². The van der Waals surface area contributed by atoms with Crippen LogP contribution in [-0.4, -0.2) is 8.32 Å². The van der Waals surface area contributed by atoms with Crippen molar-refractivity contribution in [2.75, 3.05) is 0 Å². The van der Waals surface area contributed by atoms with Gasteiger partial charge in [-0.25, -0.2) is 4.57 Å². The predicted octanol–water partition coefficient (Wildman–Crippen LogP) is 4.96. The van der Waals surface area contributed by atoms with Crippen molar-refractivity contribution in [3.63, 3.8) is 0 Å². The molecule has 0 bridgehead atoms. The van der Waals surface area contributed by atoms with Crippen molar-refractivity contribution in [3.05, 3.63) is 38.0 Å². The summed E-state index contributed by atoms with van der Waals surface area (Å²) in [6.45, 7) is 10.9. The monoisotopic (exact) mass is 316 g/mol. The lowest BCUT2D eigenvalue weighted by Crippen LogP contribution is -2.35. The first-order chi connectivity index (χ1) is 8.01. The zero-order valence-corrected chi connectivity index (χ0v) is 12.7. The van der Waals surface area contributed by atoms with Crippen LogP contribution in [0.25, 0.3) is 0 Å². The second-order valence-electron chi connectivity index (χ2n) is 3.34. The van der Waals surface area contributed by atoms with Crippen LogP contribution < -0.4 is 0 Å². The third-order valence-corrected chi connectivity index (χ3v) is 8.92. The summed E-state index contributed by atoms with van der Waals surface area (Å²) in [6.07, 6.45) is 5.02. The van der Waals surface area contributed by atoms with Gasteiger partial charge in [0.1, 0.15) is 0 Å². The van der Waals surface area contributed by atoms with E-state index in [1.807, 2.05) is 0 Å². The normalized spacial score (nSPS) is 12.1. The molecular formula is C9H15Cl2O4PSi. The van der Waals surface area contributed by atoms with E-state index in [4.69, 9.17) is 27.9 Å². The van der Waals surface area contributed by atoms with Crippen LogP contribution in [-0.2, 0) is 16.9 Å². The summed E-state index contributed by atoms with van der Waals surface area (Å²) < 4.78 is 25.5. The first-order valence-electron chi connectivity index (χ1n) is 4.75. The molecule has 0 unspecified atom stereocenters. The fourth-order valence-electron chi connectivity index (χ4n) is 1.43. The Kier molecular flexibility index (Phi) is 8.33. The number of phosphoric acid groups is 1. The molecule has 0 aliphatic heterocycles. The summed E-state index contributed by atoms with van der Waals surface area (Å²) in [6, 6.07) is 1.57. The molecule has 0 heterocycles. The fraction of sp³-hybridized carbons (Fsp3) is 0.333.